The molecule has 21 heavy (non-hydrogen) atoms. The Labute approximate surface area is 123 Å². The molecule has 1 atom stereocenters. The van der Waals surface area contributed by atoms with Gasteiger partial charge in [-0.1, -0.05) is 6.07 Å². The molecule has 1 unspecified atom stereocenters. The van der Waals surface area contributed by atoms with Crippen molar-refractivity contribution < 1.29 is 9.59 Å². The number of nitrogens with zero attached hydrogens (tertiary/aromatic N) is 3. The molecule has 2 aliphatic heterocycles. The number of amides is 3. The molecule has 0 aliphatic carbocycles. The van der Waals surface area contributed by atoms with Gasteiger partial charge in [-0.25, -0.2) is 4.79 Å². The first-order valence-electron chi connectivity index (χ1n) is 7.18. The first-order valence-corrected chi connectivity index (χ1v) is 7.18. The molecule has 3 heterocycles. The summed E-state index contributed by atoms with van der Waals surface area (Å²) in [5.41, 5.74) is 1.15. The van der Waals surface area contributed by atoms with Gasteiger partial charge in [-0.15, -0.1) is 0 Å². The van der Waals surface area contributed by atoms with E-state index in [1.165, 1.54) is 4.90 Å². The number of carbonyl (C=O) groups excluding carboxylic acids is 2. The van der Waals surface area contributed by atoms with Crippen LogP contribution in [0.3, 0.4) is 0 Å². The highest BCUT2D eigenvalue weighted by atomic mass is 16.2. The van der Waals surface area contributed by atoms with Crippen LogP contribution in [0, 0.1) is 0 Å². The minimum atomic E-state index is -0.284. The summed E-state index contributed by atoms with van der Waals surface area (Å²) >= 11 is 0. The van der Waals surface area contributed by atoms with E-state index in [0.717, 1.165) is 25.2 Å². The molecule has 2 fully saturated rings. The van der Waals surface area contributed by atoms with Gasteiger partial charge in [0.1, 0.15) is 0 Å². The van der Waals surface area contributed by atoms with E-state index in [4.69, 9.17) is 0 Å². The molecule has 0 saturated carbocycles. The van der Waals surface area contributed by atoms with Gasteiger partial charge in [0.05, 0.1) is 6.54 Å². The first kappa shape index (κ1) is 14.0. The SMILES string of the molecule is O=C1CNC(=O)N1CCN1CCNCC1c1cccnc1. The molecule has 0 aromatic carbocycles. The van der Waals surface area contributed by atoms with Gasteiger partial charge >= 0.3 is 6.03 Å². The lowest BCUT2D eigenvalue weighted by molar-refractivity contribution is -0.125. The molecule has 7 nitrogen and oxygen atoms in total. The van der Waals surface area contributed by atoms with E-state index in [1.54, 1.807) is 6.20 Å². The number of pyridine rings is 1. The van der Waals surface area contributed by atoms with Gasteiger partial charge in [0, 0.05) is 51.2 Å². The summed E-state index contributed by atoms with van der Waals surface area (Å²) in [7, 11) is 0. The molecular weight excluding hydrogens is 270 g/mol. The molecule has 0 spiro atoms. The number of hydrogen-bond donors (Lipinski definition) is 2. The van der Waals surface area contributed by atoms with E-state index >= 15 is 0 Å². The van der Waals surface area contributed by atoms with E-state index in [-0.39, 0.29) is 24.5 Å². The Balaban J connectivity index is 1.65. The second-order valence-electron chi connectivity index (χ2n) is 5.25. The maximum absolute atomic E-state index is 11.6. The van der Waals surface area contributed by atoms with E-state index in [0.29, 0.717) is 13.1 Å². The molecule has 3 amide bonds. The summed E-state index contributed by atoms with van der Waals surface area (Å²) in [4.78, 5) is 30.9. The van der Waals surface area contributed by atoms with Crippen LogP contribution in [0.4, 0.5) is 4.79 Å². The van der Waals surface area contributed by atoms with Gasteiger partial charge in [-0.3, -0.25) is 19.6 Å². The number of nitrogens with one attached hydrogen (secondary N) is 2. The Hall–Kier alpha value is -1.99. The Morgan fingerprint density at radius 1 is 1.33 bits per heavy atom. The van der Waals surface area contributed by atoms with Crippen LogP contribution in [0.1, 0.15) is 11.6 Å². The first-order chi connectivity index (χ1) is 10.3. The van der Waals surface area contributed by atoms with Crippen molar-refractivity contribution in [3.8, 4) is 0 Å². The van der Waals surface area contributed by atoms with Crippen molar-refractivity contribution >= 4 is 11.9 Å². The fraction of sp³-hybridized carbons (Fsp3) is 0.500. The van der Waals surface area contributed by atoms with Crippen molar-refractivity contribution in [2.24, 2.45) is 0 Å². The van der Waals surface area contributed by atoms with Crippen LogP contribution in [0.5, 0.6) is 0 Å². The lowest BCUT2D eigenvalue weighted by atomic mass is 10.1. The summed E-state index contributed by atoms with van der Waals surface area (Å²) < 4.78 is 0. The summed E-state index contributed by atoms with van der Waals surface area (Å²) in [6.07, 6.45) is 3.63. The molecule has 112 valence electrons. The predicted octanol–water partition coefficient (Wildman–Crippen LogP) is -0.420. The molecule has 0 bridgehead atoms. The van der Waals surface area contributed by atoms with Crippen LogP contribution in [0.2, 0.25) is 0 Å². The highest BCUT2D eigenvalue weighted by molar-refractivity contribution is 6.01. The van der Waals surface area contributed by atoms with Gasteiger partial charge in [-0.05, 0) is 11.6 Å². The van der Waals surface area contributed by atoms with Gasteiger partial charge in [0.2, 0.25) is 5.91 Å². The monoisotopic (exact) mass is 289 g/mol. The van der Waals surface area contributed by atoms with Crippen LogP contribution in [0.15, 0.2) is 24.5 Å². The second kappa shape index (κ2) is 6.19. The lowest BCUT2D eigenvalue weighted by Gasteiger charge is -2.36. The molecular formula is C14H19N5O2. The smallest absolute Gasteiger partial charge is 0.324 e. The van der Waals surface area contributed by atoms with Crippen molar-refractivity contribution in [2.75, 3.05) is 39.3 Å². The fourth-order valence-electron chi connectivity index (χ4n) is 2.83. The third-order valence-corrected chi connectivity index (χ3v) is 3.97. The lowest BCUT2D eigenvalue weighted by Crippen LogP contribution is -2.49. The largest absolute Gasteiger partial charge is 0.329 e. The zero-order valence-corrected chi connectivity index (χ0v) is 11.8. The maximum atomic E-state index is 11.6. The third-order valence-electron chi connectivity index (χ3n) is 3.97. The van der Waals surface area contributed by atoms with Gasteiger partial charge in [0.25, 0.3) is 0 Å². The standard InChI is InChI=1S/C14H19N5O2/c20-13-10-17-14(21)19(13)7-6-18-5-4-16-9-12(18)11-2-1-3-15-8-11/h1-3,8,12,16H,4-7,9-10H2,(H,17,21). The average Bonchev–Trinajstić information content (AvgIpc) is 2.85. The number of rotatable bonds is 4. The van der Waals surface area contributed by atoms with Crippen molar-refractivity contribution in [1.82, 2.24) is 25.4 Å². The number of imide groups is 1. The molecule has 2 aliphatic rings. The Bertz CT molecular complexity index is 505. The minimum Gasteiger partial charge on any atom is -0.329 e. The number of piperazine rings is 1. The van der Waals surface area contributed by atoms with Crippen LogP contribution in [0.25, 0.3) is 0 Å². The van der Waals surface area contributed by atoms with Crippen molar-refractivity contribution in [1.29, 1.82) is 0 Å². The van der Waals surface area contributed by atoms with Crippen LogP contribution < -0.4 is 10.6 Å². The van der Waals surface area contributed by atoms with E-state index in [9.17, 15) is 9.59 Å². The summed E-state index contributed by atoms with van der Waals surface area (Å²) in [6, 6.07) is 3.94. The van der Waals surface area contributed by atoms with Gasteiger partial charge in [0.15, 0.2) is 0 Å². The van der Waals surface area contributed by atoms with E-state index in [2.05, 4.69) is 26.6 Å². The summed E-state index contributed by atoms with van der Waals surface area (Å²) in [6.45, 7) is 3.89. The molecule has 1 aromatic heterocycles. The van der Waals surface area contributed by atoms with Gasteiger partial charge < -0.3 is 10.6 Å². The normalized spacial score (nSPS) is 23.4. The van der Waals surface area contributed by atoms with Crippen LogP contribution in [-0.4, -0.2) is 66.0 Å². The summed E-state index contributed by atoms with van der Waals surface area (Å²) in [5, 5.41) is 5.93. The highest BCUT2D eigenvalue weighted by Gasteiger charge is 2.30. The molecule has 1 aromatic rings. The maximum Gasteiger partial charge on any atom is 0.324 e. The van der Waals surface area contributed by atoms with Crippen molar-refractivity contribution in [2.45, 2.75) is 6.04 Å². The topological polar surface area (TPSA) is 77.6 Å². The van der Waals surface area contributed by atoms with Crippen molar-refractivity contribution in [3.63, 3.8) is 0 Å². The highest BCUT2D eigenvalue weighted by Crippen LogP contribution is 2.21. The Morgan fingerprint density at radius 2 is 2.24 bits per heavy atom. The van der Waals surface area contributed by atoms with Crippen LogP contribution in [-0.2, 0) is 4.79 Å². The summed E-state index contributed by atoms with van der Waals surface area (Å²) in [5.74, 6) is -0.145. The number of hydrogen-bond acceptors (Lipinski definition) is 5. The molecule has 2 saturated heterocycles. The molecule has 2 N–H and O–H groups in total. The molecule has 0 radical (unpaired) electrons. The Morgan fingerprint density at radius 3 is 2.95 bits per heavy atom. The quantitative estimate of drug-likeness (QED) is 0.736. The zero-order chi connectivity index (χ0) is 14.7. The average molecular weight is 289 g/mol. The minimum absolute atomic E-state index is 0.117. The fourth-order valence-corrected chi connectivity index (χ4v) is 2.83. The Kier molecular flexibility index (Phi) is 4.12. The molecule has 7 heteroatoms. The van der Waals surface area contributed by atoms with Crippen molar-refractivity contribution in [3.05, 3.63) is 30.1 Å². The van der Waals surface area contributed by atoms with E-state index in [1.807, 2.05) is 12.3 Å². The second-order valence-corrected chi connectivity index (χ2v) is 5.25. The molecule has 3 rings (SSSR count). The van der Waals surface area contributed by atoms with E-state index < -0.39 is 0 Å². The third kappa shape index (κ3) is 3.03. The number of aromatic nitrogens is 1. The zero-order valence-electron chi connectivity index (χ0n) is 11.8. The van der Waals surface area contributed by atoms with Crippen LogP contribution >= 0.6 is 0 Å². The van der Waals surface area contributed by atoms with Gasteiger partial charge in [-0.2, -0.15) is 0 Å². The number of urea groups is 1. The number of carbonyl (C=O) groups is 2. The predicted molar refractivity (Wildman–Crippen MR) is 76.5 cm³/mol.